The predicted molar refractivity (Wildman–Crippen MR) is 50.1 cm³/mol. The minimum Gasteiger partial charge on any atom is -0.378 e. The molecule has 70 valence electrons. The molecule has 0 aromatic heterocycles. The monoisotopic (exact) mass is 170 g/mol. The second-order valence-corrected chi connectivity index (χ2v) is 3.17. The van der Waals surface area contributed by atoms with E-state index in [9.17, 15) is 4.79 Å². The molecule has 12 heavy (non-hydrogen) atoms. The van der Waals surface area contributed by atoms with E-state index in [4.69, 9.17) is 4.74 Å². The van der Waals surface area contributed by atoms with Crippen molar-refractivity contribution in [2.45, 2.75) is 38.7 Å². The summed E-state index contributed by atoms with van der Waals surface area (Å²) in [5, 5.41) is 0. The van der Waals surface area contributed by atoms with Crippen LogP contribution in [0.1, 0.15) is 33.1 Å². The lowest BCUT2D eigenvalue weighted by Crippen LogP contribution is -2.25. The molecule has 0 aromatic carbocycles. The first-order chi connectivity index (χ1) is 5.68. The van der Waals surface area contributed by atoms with Gasteiger partial charge >= 0.3 is 0 Å². The SMILES string of the molecule is CCCC(C)(C/C=C/C=O)OC. The van der Waals surface area contributed by atoms with Crippen molar-refractivity contribution in [2.75, 3.05) is 7.11 Å². The van der Waals surface area contributed by atoms with Crippen LogP contribution < -0.4 is 0 Å². The van der Waals surface area contributed by atoms with Crippen molar-refractivity contribution in [3.05, 3.63) is 12.2 Å². The molecular formula is C10H18O2. The van der Waals surface area contributed by atoms with Gasteiger partial charge in [0.25, 0.3) is 0 Å². The van der Waals surface area contributed by atoms with Crippen molar-refractivity contribution in [3.8, 4) is 0 Å². The number of aldehydes is 1. The van der Waals surface area contributed by atoms with E-state index in [0.717, 1.165) is 25.5 Å². The van der Waals surface area contributed by atoms with Gasteiger partial charge in [-0.15, -0.1) is 0 Å². The Balaban J connectivity index is 3.94. The molecule has 0 aromatic rings. The maximum Gasteiger partial charge on any atom is 0.142 e. The summed E-state index contributed by atoms with van der Waals surface area (Å²) in [7, 11) is 1.71. The molecule has 0 radical (unpaired) electrons. The summed E-state index contributed by atoms with van der Waals surface area (Å²) < 4.78 is 5.36. The average Bonchev–Trinajstić information content (AvgIpc) is 2.06. The van der Waals surface area contributed by atoms with Crippen LogP contribution in [0.2, 0.25) is 0 Å². The molecule has 0 aliphatic carbocycles. The standard InChI is InChI=1S/C10H18O2/c1-4-7-10(2,12-3)8-5-6-9-11/h5-6,9H,4,7-8H2,1-3H3/b6-5+. The maximum atomic E-state index is 10.0. The molecule has 2 heteroatoms. The van der Waals surface area contributed by atoms with Crippen LogP contribution in [-0.2, 0) is 9.53 Å². The predicted octanol–water partition coefficient (Wildman–Crippen LogP) is 2.34. The molecule has 0 bridgehead atoms. The third-order valence-corrected chi connectivity index (χ3v) is 2.04. The Bertz CT molecular complexity index is 152. The van der Waals surface area contributed by atoms with Crippen LogP contribution in [0.3, 0.4) is 0 Å². The smallest absolute Gasteiger partial charge is 0.142 e. The summed E-state index contributed by atoms with van der Waals surface area (Å²) in [6, 6.07) is 0. The lowest BCUT2D eigenvalue weighted by Gasteiger charge is -2.26. The van der Waals surface area contributed by atoms with E-state index in [0.29, 0.717) is 0 Å². The Morgan fingerprint density at radius 1 is 1.50 bits per heavy atom. The van der Waals surface area contributed by atoms with Crippen LogP contribution in [0.25, 0.3) is 0 Å². The van der Waals surface area contributed by atoms with Crippen molar-refractivity contribution < 1.29 is 9.53 Å². The number of hydrogen-bond donors (Lipinski definition) is 0. The zero-order valence-electron chi connectivity index (χ0n) is 8.17. The van der Waals surface area contributed by atoms with E-state index in [-0.39, 0.29) is 5.60 Å². The molecule has 0 saturated carbocycles. The number of hydrogen-bond acceptors (Lipinski definition) is 2. The number of rotatable bonds is 6. The molecule has 0 saturated heterocycles. The van der Waals surface area contributed by atoms with E-state index >= 15 is 0 Å². The third-order valence-electron chi connectivity index (χ3n) is 2.04. The molecule has 0 rings (SSSR count). The summed E-state index contributed by atoms with van der Waals surface area (Å²) in [5.41, 5.74) is -0.103. The highest BCUT2D eigenvalue weighted by Crippen LogP contribution is 2.21. The number of methoxy groups -OCH3 is 1. The highest BCUT2D eigenvalue weighted by atomic mass is 16.5. The van der Waals surface area contributed by atoms with E-state index in [1.54, 1.807) is 7.11 Å². The van der Waals surface area contributed by atoms with Crippen molar-refractivity contribution >= 4 is 6.29 Å². The van der Waals surface area contributed by atoms with Gasteiger partial charge in [0.15, 0.2) is 0 Å². The molecule has 0 fully saturated rings. The quantitative estimate of drug-likeness (QED) is 0.452. The van der Waals surface area contributed by atoms with Crippen LogP contribution in [-0.4, -0.2) is 19.0 Å². The average molecular weight is 170 g/mol. The highest BCUT2D eigenvalue weighted by Gasteiger charge is 2.19. The fourth-order valence-electron chi connectivity index (χ4n) is 1.19. The lowest BCUT2D eigenvalue weighted by molar-refractivity contribution is -0.104. The lowest BCUT2D eigenvalue weighted by atomic mass is 9.96. The molecule has 1 atom stereocenters. The van der Waals surface area contributed by atoms with Gasteiger partial charge < -0.3 is 4.74 Å². The Morgan fingerprint density at radius 3 is 2.58 bits per heavy atom. The first-order valence-electron chi connectivity index (χ1n) is 4.34. The molecule has 0 amide bonds. The van der Waals surface area contributed by atoms with Gasteiger partial charge in [0.1, 0.15) is 6.29 Å². The summed E-state index contributed by atoms with van der Waals surface area (Å²) in [6.45, 7) is 4.19. The normalized spacial score (nSPS) is 16.2. The van der Waals surface area contributed by atoms with E-state index < -0.39 is 0 Å². The molecule has 0 N–H and O–H groups in total. The van der Waals surface area contributed by atoms with E-state index in [2.05, 4.69) is 13.8 Å². The summed E-state index contributed by atoms with van der Waals surface area (Å²) in [5.74, 6) is 0. The molecular weight excluding hydrogens is 152 g/mol. The first kappa shape index (κ1) is 11.4. The van der Waals surface area contributed by atoms with Crippen LogP contribution in [0, 0.1) is 0 Å². The fourth-order valence-corrected chi connectivity index (χ4v) is 1.19. The van der Waals surface area contributed by atoms with Crippen LogP contribution in [0.15, 0.2) is 12.2 Å². The minimum absolute atomic E-state index is 0.103. The van der Waals surface area contributed by atoms with Gasteiger partial charge in [-0.25, -0.2) is 0 Å². The van der Waals surface area contributed by atoms with E-state index in [1.807, 2.05) is 6.08 Å². The van der Waals surface area contributed by atoms with Crippen LogP contribution in [0.5, 0.6) is 0 Å². The first-order valence-corrected chi connectivity index (χ1v) is 4.34. The zero-order valence-corrected chi connectivity index (χ0v) is 8.17. The second kappa shape index (κ2) is 5.95. The summed E-state index contributed by atoms with van der Waals surface area (Å²) in [6.07, 6.45) is 7.09. The van der Waals surface area contributed by atoms with Crippen LogP contribution >= 0.6 is 0 Å². The zero-order chi connectivity index (χ0) is 9.45. The van der Waals surface area contributed by atoms with Gasteiger partial charge in [-0.3, -0.25) is 4.79 Å². The second-order valence-electron chi connectivity index (χ2n) is 3.17. The Hall–Kier alpha value is -0.630. The number of allylic oxidation sites excluding steroid dienone is 1. The van der Waals surface area contributed by atoms with Crippen molar-refractivity contribution in [1.29, 1.82) is 0 Å². The van der Waals surface area contributed by atoms with Gasteiger partial charge in [0.05, 0.1) is 5.60 Å². The van der Waals surface area contributed by atoms with Crippen molar-refractivity contribution in [3.63, 3.8) is 0 Å². The highest BCUT2D eigenvalue weighted by molar-refractivity contribution is 5.64. The van der Waals surface area contributed by atoms with E-state index in [1.165, 1.54) is 6.08 Å². The maximum absolute atomic E-state index is 10.0. The Morgan fingerprint density at radius 2 is 2.17 bits per heavy atom. The summed E-state index contributed by atoms with van der Waals surface area (Å²) in [4.78, 5) is 10.0. The van der Waals surface area contributed by atoms with Gasteiger partial charge in [-0.2, -0.15) is 0 Å². The van der Waals surface area contributed by atoms with Gasteiger partial charge in [-0.1, -0.05) is 19.4 Å². The molecule has 2 nitrogen and oxygen atoms in total. The number of ether oxygens (including phenoxy) is 1. The number of carbonyl (C=O) groups is 1. The summed E-state index contributed by atoms with van der Waals surface area (Å²) >= 11 is 0. The largest absolute Gasteiger partial charge is 0.378 e. The Kier molecular flexibility index (Phi) is 5.64. The molecule has 0 aliphatic heterocycles. The third kappa shape index (κ3) is 4.29. The van der Waals surface area contributed by atoms with Crippen LogP contribution in [0.4, 0.5) is 0 Å². The topological polar surface area (TPSA) is 26.3 Å². The van der Waals surface area contributed by atoms with Gasteiger partial charge in [0.2, 0.25) is 0 Å². The molecule has 0 spiro atoms. The van der Waals surface area contributed by atoms with Crippen molar-refractivity contribution in [1.82, 2.24) is 0 Å². The minimum atomic E-state index is -0.103. The fraction of sp³-hybridized carbons (Fsp3) is 0.700. The van der Waals surface area contributed by atoms with Gasteiger partial charge in [0, 0.05) is 7.11 Å². The number of carbonyl (C=O) groups excluding carboxylic acids is 1. The molecule has 0 heterocycles. The molecule has 0 aliphatic rings. The molecule has 1 unspecified atom stereocenters. The van der Waals surface area contributed by atoms with Gasteiger partial charge in [-0.05, 0) is 25.8 Å². The van der Waals surface area contributed by atoms with Crippen molar-refractivity contribution in [2.24, 2.45) is 0 Å². The Labute approximate surface area is 74.6 Å².